The molecular weight excluding hydrogens is 402 g/mol. The van der Waals surface area contributed by atoms with Gasteiger partial charge in [0.15, 0.2) is 0 Å². The molecule has 0 aliphatic carbocycles. The van der Waals surface area contributed by atoms with Crippen LogP contribution in [0.4, 0.5) is 0 Å². The summed E-state index contributed by atoms with van der Waals surface area (Å²) in [4.78, 5) is 4.75. The lowest BCUT2D eigenvalue weighted by Crippen LogP contribution is -1.89. The van der Waals surface area contributed by atoms with Crippen molar-refractivity contribution in [1.82, 2.24) is 4.98 Å². The van der Waals surface area contributed by atoms with Crippen LogP contribution >= 0.6 is 0 Å². The monoisotopic (exact) mass is 421 g/mol. The first-order valence-electron chi connectivity index (χ1n) is 11.1. The van der Waals surface area contributed by atoms with Crippen molar-refractivity contribution < 1.29 is 4.42 Å². The van der Waals surface area contributed by atoms with E-state index in [0.717, 1.165) is 32.8 Å². The Balaban J connectivity index is 1.52. The topological polar surface area (TPSA) is 26.0 Å². The van der Waals surface area contributed by atoms with Gasteiger partial charge in [-0.3, -0.25) is 4.98 Å². The largest absolute Gasteiger partial charge is 0.456 e. The van der Waals surface area contributed by atoms with Crippen LogP contribution in [0.15, 0.2) is 120 Å². The van der Waals surface area contributed by atoms with E-state index in [0.29, 0.717) is 0 Å². The molecule has 0 saturated carbocycles. The van der Waals surface area contributed by atoms with Gasteiger partial charge in [0.25, 0.3) is 0 Å². The van der Waals surface area contributed by atoms with Crippen molar-refractivity contribution in [2.75, 3.05) is 0 Å². The van der Waals surface area contributed by atoms with E-state index in [1.165, 1.54) is 33.0 Å². The molecule has 0 radical (unpaired) electrons. The summed E-state index contributed by atoms with van der Waals surface area (Å²) < 4.78 is 6.06. The number of rotatable bonds is 2. The molecule has 0 aliphatic rings. The van der Waals surface area contributed by atoms with E-state index in [9.17, 15) is 0 Å². The molecule has 0 amide bonds. The van der Waals surface area contributed by atoms with Crippen molar-refractivity contribution in [2.45, 2.75) is 0 Å². The van der Waals surface area contributed by atoms with Gasteiger partial charge in [-0.25, -0.2) is 0 Å². The summed E-state index contributed by atoms with van der Waals surface area (Å²) in [6, 6.07) is 38.3. The number of para-hydroxylation sites is 1. The fraction of sp³-hybridized carbons (Fsp3) is 0. The van der Waals surface area contributed by atoms with Gasteiger partial charge in [0.1, 0.15) is 11.2 Å². The Labute approximate surface area is 190 Å². The Morgan fingerprint density at radius 3 is 2.24 bits per heavy atom. The van der Waals surface area contributed by atoms with Crippen molar-refractivity contribution in [3.63, 3.8) is 0 Å². The number of benzene rings is 5. The molecule has 0 atom stereocenters. The molecular formula is C31H19NO. The van der Waals surface area contributed by atoms with Crippen molar-refractivity contribution >= 4 is 43.6 Å². The predicted octanol–water partition coefficient (Wildman–Crippen LogP) is 8.62. The van der Waals surface area contributed by atoms with Crippen LogP contribution in [-0.4, -0.2) is 4.98 Å². The van der Waals surface area contributed by atoms with Crippen molar-refractivity contribution in [2.24, 2.45) is 0 Å². The third-order valence-electron chi connectivity index (χ3n) is 6.52. The number of hydrogen-bond donors (Lipinski definition) is 0. The number of furan rings is 1. The van der Waals surface area contributed by atoms with E-state index < -0.39 is 0 Å². The van der Waals surface area contributed by atoms with Gasteiger partial charge < -0.3 is 4.42 Å². The van der Waals surface area contributed by atoms with E-state index in [4.69, 9.17) is 9.40 Å². The Hall–Kier alpha value is -4.43. The molecule has 2 heteroatoms. The highest BCUT2D eigenvalue weighted by atomic mass is 16.3. The lowest BCUT2D eigenvalue weighted by atomic mass is 9.90. The molecule has 154 valence electrons. The summed E-state index contributed by atoms with van der Waals surface area (Å²) in [7, 11) is 0. The maximum Gasteiger partial charge on any atom is 0.135 e. The third-order valence-corrected chi connectivity index (χ3v) is 6.52. The normalized spacial score (nSPS) is 11.6. The van der Waals surface area contributed by atoms with E-state index in [1.807, 2.05) is 24.4 Å². The zero-order chi connectivity index (χ0) is 21.8. The number of fused-ring (bicyclic) bond motifs is 6. The van der Waals surface area contributed by atoms with E-state index in [1.54, 1.807) is 0 Å². The van der Waals surface area contributed by atoms with Crippen LogP contribution in [-0.2, 0) is 0 Å². The van der Waals surface area contributed by atoms with Crippen molar-refractivity contribution in [1.29, 1.82) is 0 Å². The SMILES string of the molecule is c1ccc(-c2cccc3ccc4cccnc4c23)c(-c2ccc3oc4ccccc4c3c2)c1. The van der Waals surface area contributed by atoms with Gasteiger partial charge >= 0.3 is 0 Å². The summed E-state index contributed by atoms with van der Waals surface area (Å²) in [5, 5.41) is 5.83. The van der Waals surface area contributed by atoms with Gasteiger partial charge in [-0.2, -0.15) is 0 Å². The molecule has 0 spiro atoms. The molecule has 33 heavy (non-hydrogen) atoms. The Morgan fingerprint density at radius 1 is 0.515 bits per heavy atom. The molecule has 0 saturated heterocycles. The zero-order valence-electron chi connectivity index (χ0n) is 17.8. The Morgan fingerprint density at radius 2 is 1.27 bits per heavy atom. The van der Waals surface area contributed by atoms with Gasteiger partial charge in [-0.15, -0.1) is 0 Å². The maximum absolute atomic E-state index is 6.06. The van der Waals surface area contributed by atoms with E-state index in [2.05, 4.69) is 91.0 Å². The van der Waals surface area contributed by atoms with Gasteiger partial charge in [0.2, 0.25) is 0 Å². The number of aromatic nitrogens is 1. The summed E-state index contributed by atoms with van der Waals surface area (Å²) in [5.74, 6) is 0. The Kier molecular flexibility index (Phi) is 3.88. The highest BCUT2D eigenvalue weighted by Crippen LogP contribution is 2.40. The van der Waals surface area contributed by atoms with Gasteiger partial charge in [0, 0.05) is 27.7 Å². The average Bonchev–Trinajstić information content (AvgIpc) is 3.26. The van der Waals surface area contributed by atoms with Crippen molar-refractivity contribution in [3.8, 4) is 22.3 Å². The predicted molar refractivity (Wildman–Crippen MR) is 137 cm³/mol. The molecule has 5 aromatic carbocycles. The minimum absolute atomic E-state index is 0.915. The lowest BCUT2D eigenvalue weighted by Gasteiger charge is -2.14. The van der Waals surface area contributed by atoms with Crippen molar-refractivity contribution in [3.05, 3.63) is 115 Å². The molecule has 0 aliphatic heterocycles. The second-order valence-corrected chi connectivity index (χ2v) is 8.40. The number of hydrogen-bond acceptors (Lipinski definition) is 2. The van der Waals surface area contributed by atoms with Gasteiger partial charge in [0.05, 0.1) is 5.52 Å². The number of nitrogens with zero attached hydrogens (tertiary/aromatic N) is 1. The first-order chi connectivity index (χ1) is 16.4. The second kappa shape index (κ2) is 7.04. The van der Waals surface area contributed by atoms with Crippen LogP contribution in [0.1, 0.15) is 0 Å². The lowest BCUT2D eigenvalue weighted by molar-refractivity contribution is 0.669. The summed E-state index contributed by atoms with van der Waals surface area (Å²) in [6.45, 7) is 0. The van der Waals surface area contributed by atoms with Gasteiger partial charge in [-0.05, 0) is 51.9 Å². The fourth-order valence-electron chi connectivity index (χ4n) is 5.00. The summed E-state index contributed by atoms with van der Waals surface area (Å²) >= 11 is 0. The number of pyridine rings is 1. The van der Waals surface area contributed by atoms with Crippen LogP contribution in [0.25, 0.3) is 65.9 Å². The second-order valence-electron chi connectivity index (χ2n) is 8.40. The Bertz CT molecular complexity index is 1830. The van der Waals surface area contributed by atoms with Crippen LogP contribution in [0, 0.1) is 0 Å². The van der Waals surface area contributed by atoms with Gasteiger partial charge in [-0.1, -0.05) is 84.9 Å². The highest BCUT2D eigenvalue weighted by Gasteiger charge is 2.14. The minimum atomic E-state index is 0.915. The molecule has 2 aromatic heterocycles. The first kappa shape index (κ1) is 18.2. The highest BCUT2D eigenvalue weighted by molar-refractivity contribution is 6.14. The molecule has 2 nitrogen and oxygen atoms in total. The van der Waals surface area contributed by atoms with Crippen LogP contribution in [0.5, 0.6) is 0 Å². The zero-order valence-corrected chi connectivity index (χ0v) is 17.8. The summed E-state index contributed by atoms with van der Waals surface area (Å²) in [6.07, 6.45) is 1.88. The average molecular weight is 421 g/mol. The molecule has 7 aromatic rings. The minimum Gasteiger partial charge on any atom is -0.456 e. The standard InChI is InChI=1S/C31H19NO/c1-2-10-24(26-12-5-7-20-14-15-21-8-6-18-32-31(21)30(20)26)23(9-1)22-16-17-29-27(19-22)25-11-3-4-13-28(25)33-29/h1-19H. The quantitative estimate of drug-likeness (QED) is 0.261. The van der Waals surface area contributed by atoms with Crippen LogP contribution in [0.2, 0.25) is 0 Å². The molecule has 0 N–H and O–H groups in total. The molecule has 7 rings (SSSR count). The smallest absolute Gasteiger partial charge is 0.135 e. The molecule has 2 heterocycles. The molecule has 0 fully saturated rings. The molecule has 0 bridgehead atoms. The summed E-state index contributed by atoms with van der Waals surface area (Å²) in [5.41, 5.74) is 7.65. The maximum atomic E-state index is 6.06. The van der Waals surface area contributed by atoms with Crippen LogP contribution in [0.3, 0.4) is 0 Å². The molecule has 0 unspecified atom stereocenters. The first-order valence-corrected chi connectivity index (χ1v) is 11.1. The van der Waals surface area contributed by atoms with Crippen LogP contribution < -0.4 is 0 Å². The third kappa shape index (κ3) is 2.78. The van der Waals surface area contributed by atoms with E-state index in [-0.39, 0.29) is 0 Å². The van der Waals surface area contributed by atoms with E-state index >= 15 is 0 Å². The fourth-order valence-corrected chi connectivity index (χ4v) is 5.00.